The molecular weight excluding hydrogens is 360 g/mol. The first-order valence-electron chi connectivity index (χ1n) is 10.7. The number of aliphatic hydroxyl groups is 1. The number of hydrogen-bond acceptors (Lipinski definition) is 3. The number of aryl methyl sites for hydroxylation is 4. The highest BCUT2D eigenvalue weighted by Gasteiger charge is 2.15. The van der Waals surface area contributed by atoms with Crippen molar-refractivity contribution in [2.24, 2.45) is 0 Å². The number of nitrogens with zero attached hydrogens (tertiary/aromatic N) is 2. The summed E-state index contributed by atoms with van der Waals surface area (Å²) in [5.41, 5.74) is 7.03. The summed E-state index contributed by atoms with van der Waals surface area (Å²) in [6.45, 7) is 14.0. The number of imidazole rings is 1. The second kappa shape index (κ2) is 9.00. The van der Waals surface area contributed by atoms with Crippen LogP contribution in [0.3, 0.4) is 0 Å². The smallest absolute Gasteiger partial charge is 0.138 e. The third-order valence-corrected chi connectivity index (χ3v) is 5.59. The minimum Gasteiger partial charge on any atom is -0.493 e. The van der Waals surface area contributed by atoms with E-state index in [1.165, 1.54) is 22.3 Å². The van der Waals surface area contributed by atoms with E-state index < -0.39 is 6.10 Å². The van der Waals surface area contributed by atoms with Crippen LogP contribution in [0.15, 0.2) is 30.3 Å². The van der Waals surface area contributed by atoms with Crippen molar-refractivity contribution in [3.8, 4) is 5.75 Å². The highest BCUT2D eigenvalue weighted by molar-refractivity contribution is 5.78. The van der Waals surface area contributed by atoms with Crippen LogP contribution in [-0.4, -0.2) is 21.3 Å². The largest absolute Gasteiger partial charge is 0.493 e. The molecule has 0 bridgehead atoms. The molecule has 4 heteroatoms. The van der Waals surface area contributed by atoms with Gasteiger partial charge >= 0.3 is 0 Å². The van der Waals surface area contributed by atoms with Gasteiger partial charge in [0.2, 0.25) is 0 Å². The van der Waals surface area contributed by atoms with Crippen LogP contribution in [0.25, 0.3) is 11.0 Å². The van der Waals surface area contributed by atoms with Gasteiger partial charge in [-0.1, -0.05) is 26.0 Å². The molecule has 1 unspecified atom stereocenters. The molecule has 0 spiro atoms. The lowest BCUT2D eigenvalue weighted by molar-refractivity contribution is 0.184. The van der Waals surface area contributed by atoms with Crippen molar-refractivity contribution in [1.82, 2.24) is 9.55 Å². The van der Waals surface area contributed by atoms with Crippen molar-refractivity contribution in [2.45, 2.75) is 73.0 Å². The van der Waals surface area contributed by atoms with Gasteiger partial charge in [0, 0.05) is 6.54 Å². The maximum absolute atomic E-state index is 10.2. The Morgan fingerprint density at radius 2 is 1.72 bits per heavy atom. The molecule has 0 saturated heterocycles. The molecule has 4 nitrogen and oxygen atoms in total. The van der Waals surface area contributed by atoms with Gasteiger partial charge in [0.25, 0.3) is 0 Å². The maximum atomic E-state index is 10.2. The summed E-state index contributed by atoms with van der Waals surface area (Å²) in [4.78, 5) is 4.68. The molecular formula is C25H34N2O2. The molecule has 1 N–H and O–H groups in total. The Bertz CT molecular complexity index is 986. The number of benzene rings is 2. The van der Waals surface area contributed by atoms with E-state index in [0.29, 0.717) is 12.5 Å². The van der Waals surface area contributed by atoms with E-state index in [1.807, 2.05) is 0 Å². The molecule has 0 aliphatic carbocycles. The van der Waals surface area contributed by atoms with Crippen molar-refractivity contribution >= 4 is 11.0 Å². The fourth-order valence-electron chi connectivity index (χ4n) is 3.75. The quantitative estimate of drug-likeness (QED) is 0.477. The van der Waals surface area contributed by atoms with Crippen molar-refractivity contribution in [3.05, 3.63) is 58.4 Å². The van der Waals surface area contributed by atoms with Crippen LogP contribution in [0, 0.1) is 20.8 Å². The average Bonchev–Trinajstić information content (AvgIpc) is 2.99. The van der Waals surface area contributed by atoms with E-state index >= 15 is 0 Å². The number of rotatable bonds is 8. The summed E-state index contributed by atoms with van der Waals surface area (Å²) in [6, 6.07) is 10.7. The molecule has 3 rings (SSSR count). The van der Waals surface area contributed by atoms with Crippen LogP contribution in [0.4, 0.5) is 0 Å². The number of hydrogen-bond donors (Lipinski definition) is 1. The lowest BCUT2D eigenvalue weighted by atomic mass is 10.0. The minimum absolute atomic E-state index is 0.447. The van der Waals surface area contributed by atoms with Crippen molar-refractivity contribution in [1.29, 1.82) is 0 Å². The van der Waals surface area contributed by atoms with Crippen molar-refractivity contribution < 1.29 is 9.84 Å². The Morgan fingerprint density at radius 3 is 2.41 bits per heavy atom. The molecule has 0 aliphatic rings. The van der Waals surface area contributed by atoms with Gasteiger partial charge in [-0.3, -0.25) is 0 Å². The lowest BCUT2D eigenvalue weighted by Gasteiger charge is -2.15. The van der Waals surface area contributed by atoms with Gasteiger partial charge in [-0.15, -0.1) is 0 Å². The average molecular weight is 395 g/mol. The summed E-state index contributed by atoms with van der Waals surface area (Å²) in [5.74, 6) is 2.19. The van der Waals surface area contributed by atoms with Crippen LogP contribution in [0.1, 0.15) is 73.7 Å². The topological polar surface area (TPSA) is 47.3 Å². The van der Waals surface area contributed by atoms with E-state index in [9.17, 15) is 5.11 Å². The fourth-order valence-corrected chi connectivity index (χ4v) is 3.75. The molecule has 0 amide bonds. The van der Waals surface area contributed by atoms with Gasteiger partial charge in [-0.25, -0.2) is 4.98 Å². The normalized spacial score (nSPS) is 12.7. The number of unbranched alkanes of at least 4 members (excludes halogenated alkanes) is 1. The fraction of sp³-hybridized carbons (Fsp3) is 0.480. The minimum atomic E-state index is -0.583. The number of ether oxygens (including phenoxy) is 1. The zero-order valence-electron chi connectivity index (χ0n) is 18.6. The molecule has 29 heavy (non-hydrogen) atoms. The molecule has 2 aromatic carbocycles. The van der Waals surface area contributed by atoms with Crippen molar-refractivity contribution in [3.63, 3.8) is 0 Å². The highest BCUT2D eigenvalue weighted by atomic mass is 16.5. The molecule has 1 atom stereocenters. The molecule has 0 radical (unpaired) electrons. The standard InChI is InChI=1S/C25H34N2O2/c1-16(2)21-10-9-17(3)13-24(21)29-12-8-7-11-27-23-15-19(5)18(4)14-22(23)26-25(27)20(6)28/h9-10,13-16,20,28H,7-8,11-12H2,1-6H3. The second-order valence-electron chi connectivity index (χ2n) is 8.47. The first-order chi connectivity index (χ1) is 13.8. The Morgan fingerprint density at radius 1 is 1.00 bits per heavy atom. The van der Waals surface area contributed by atoms with E-state index in [-0.39, 0.29) is 0 Å². The molecule has 156 valence electrons. The van der Waals surface area contributed by atoms with Gasteiger partial charge in [-0.05, 0) is 86.9 Å². The second-order valence-corrected chi connectivity index (χ2v) is 8.47. The monoisotopic (exact) mass is 394 g/mol. The first kappa shape index (κ1) is 21.4. The van der Waals surface area contributed by atoms with E-state index in [0.717, 1.165) is 42.0 Å². The SMILES string of the molecule is Cc1ccc(C(C)C)c(OCCCCn2c(C(C)O)nc3cc(C)c(C)cc32)c1. The molecule has 1 heterocycles. The predicted octanol–water partition coefficient (Wildman–Crippen LogP) is 6.00. The van der Waals surface area contributed by atoms with Gasteiger partial charge in [0.1, 0.15) is 17.7 Å². The third-order valence-electron chi connectivity index (χ3n) is 5.59. The zero-order valence-corrected chi connectivity index (χ0v) is 18.6. The van der Waals surface area contributed by atoms with E-state index in [1.54, 1.807) is 6.92 Å². The van der Waals surface area contributed by atoms with Gasteiger partial charge in [0.05, 0.1) is 17.6 Å². The van der Waals surface area contributed by atoms with Crippen LogP contribution in [-0.2, 0) is 6.54 Å². The number of fused-ring (bicyclic) bond motifs is 1. The molecule has 0 saturated carbocycles. The van der Waals surface area contributed by atoms with Crippen LogP contribution >= 0.6 is 0 Å². The number of aliphatic hydroxyl groups excluding tert-OH is 1. The number of aromatic nitrogens is 2. The Kier molecular flexibility index (Phi) is 6.63. The van der Waals surface area contributed by atoms with Crippen LogP contribution in [0.2, 0.25) is 0 Å². The summed E-state index contributed by atoms with van der Waals surface area (Å²) in [5, 5.41) is 10.2. The zero-order chi connectivity index (χ0) is 21.1. The summed E-state index contributed by atoms with van der Waals surface area (Å²) in [6.07, 6.45) is 1.34. The van der Waals surface area contributed by atoms with Gasteiger partial charge in [-0.2, -0.15) is 0 Å². The van der Waals surface area contributed by atoms with E-state index in [2.05, 4.69) is 74.5 Å². The molecule has 1 aromatic heterocycles. The van der Waals surface area contributed by atoms with Crippen molar-refractivity contribution in [2.75, 3.05) is 6.61 Å². The lowest BCUT2D eigenvalue weighted by Crippen LogP contribution is -2.09. The van der Waals surface area contributed by atoms with Crippen LogP contribution in [0.5, 0.6) is 5.75 Å². The molecule has 3 aromatic rings. The van der Waals surface area contributed by atoms with Gasteiger partial charge in [0.15, 0.2) is 0 Å². The highest BCUT2D eigenvalue weighted by Crippen LogP contribution is 2.28. The Balaban J connectivity index is 1.67. The Labute approximate surface area is 174 Å². The van der Waals surface area contributed by atoms with Crippen LogP contribution < -0.4 is 4.74 Å². The summed E-state index contributed by atoms with van der Waals surface area (Å²) >= 11 is 0. The van der Waals surface area contributed by atoms with E-state index in [4.69, 9.17) is 4.74 Å². The predicted molar refractivity (Wildman–Crippen MR) is 120 cm³/mol. The third kappa shape index (κ3) is 4.81. The molecule has 0 fully saturated rings. The van der Waals surface area contributed by atoms with Gasteiger partial charge < -0.3 is 14.4 Å². The Hall–Kier alpha value is -2.33. The summed E-state index contributed by atoms with van der Waals surface area (Å²) < 4.78 is 8.29. The maximum Gasteiger partial charge on any atom is 0.138 e. The molecule has 0 aliphatic heterocycles. The summed E-state index contributed by atoms with van der Waals surface area (Å²) in [7, 11) is 0. The first-order valence-corrected chi connectivity index (χ1v) is 10.7.